The van der Waals surface area contributed by atoms with E-state index in [1.165, 1.54) is 53.5 Å². The second-order valence-electron chi connectivity index (χ2n) is 16.4. The van der Waals surface area contributed by atoms with Crippen molar-refractivity contribution in [2.75, 3.05) is 0 Å². The molecule has 5 aromatic rings. The number of aromatic nitrogens is 1. The third kappa shape index (κ3) is 8.90. The van der Waals surface area contributed by atoms with E-state index in [0.29, 0.717) is 0 Å². The fourth-order valence-electron chi connectivity index (χ4n) is 7.83. The number of rotatable bonds is 9. The molecule has 0 saturated heterocycles. The van der Waals surface area contributed by atoms with Crippen molar-refractivity contribution in [2.24, 2.45) is 11.8 Å². The van der Waals surface area contributed by atoms with E-state index >= 15 is 0 Å². The van der Waals surface area contributed by atoms with Gasteiger partial charge in [-0.3, -0.25) is 9.78 Å². The molecule has 0 spiro atoms. The maximum Gasteiger partial charge on any atom is 0.206 e. The monoisotopic (exact) mass is 941 g/mol. The molecule has 3 heterocycles. The minimum Gasteiger partial charge on any atom is -0.512 e. The SMILES string of the molecule is CCC(CC)C(=O)/C=C(\O)C(CC)CC.Cc1c(-c2ccc3c(c2)[Si](C)(C)O[Si]3(C)C)sc2c(-c3[c-]c4ccccc4c(C(C)(C)C)c3)nccc12.[Ir]. The van der Waals surface area contributed by atoms with Crippen molar-refractivity contribution in [1.29, 1.82) is 0 Å². The summed E-state index contributed by atoms with van der Waals surface area (Å²) in [7, 11) is -3.69. The van der Waals surface area contributed by atoms with Crippen molar-refractivity contribution < 1.29 is 34.1 Å². The summed E-state index contributed by atoms with van der Waals surface area (Å²) in [5.74, 6) is 0.547. The number of aliphatic hydroxyl groups excluding tert-OH is 1. The van der Waals surface area contributed by atoms with E-state index in [-0.39, 0.29) is 48.9 Å². The second kappa shape index (κ2) is 17.0. The van der Waals surface area contributed by atoms with Gasteiger partial charge in [-0.15, -0.1) is 40.5 Å². The number of allylic oxidation sites excluding steroid dienone is 2. The van der Waals surface area contributed by atoms with E-state index in [2.05, 4.69) is 115 Å². The van der Waals surface area contributed by atoms with Gasteiger partial charge in [0, 0.05) is 59.5 Å². The fourth-order valence-corrected chi connectivity index (χ4v) is 19.4. The zero-order valence-electron chi connectivity index (χ0n) is 33.8. The Bertz CT molecular complexity index is 2120. The van der Waals surface area contributed by atoms with E-state index in [1.54, 1.807) is 0 Å². The quantitative estimate of drug-likeness (QED) is 0.0692. The van der Waals surface area contributed by atoms with Crippen LogP contribution in [0.15, 0.2) is 72.6 Å². The van der Waals surface area contributed by atoms with Gasteiger partial charge in [0.25, 0.3) is 0 Å². The molecule has 2 aromatic heterocycles. The molecule has 0 bridgehead atoms. The van der Waals surface area contributed by atoms with Crippen LogP contribution in [0.25, 0.3) is 42.6 Å². The van der Waals surface area contributed by atoms with Crippen LogP contribution in [0.3, 0.4) is 0 Å². The van der Waals surface area contributed by atoms with Crippen molar-refractivity contribution in [3.05, 3.63) is 89.8 Å². The van der Waals surface area contributed by atoms with Crippen LogP contribution in [0.4, 0.5) is 0 Å². The van der Waals surface area contributed by atoms with Gasteiger partial charge < -0.3 is 9.22 Å². The van der Waals surface area contributed by atoms with Gasteiger partial charge in [-0.2, -0.15) is 0 Å². The van der Waals surface area contributed by atoms with E-state index in [9.17, 15) is 9.90 Å². The number of thiophene rings is 1. The Labute approximate surface area is 338 Å². The second-order valence-corrected chi connectivity index (χ2v) is 25.3. The number of nitrogens with zero attached hydrogens (tertiary/aromatic N) is 1. The number of aliphatic hydroxyl groups is 1. The number of hydrogen-bond acceptors (Lipinski definition) is 5. The molecule has 8 heteroatoms. The molecule has 3 aromatic carbocycles. The van der Waals surface area contributed by atoms with Crippen molar-refractivity contribution in [3.63, 3.8) is 0 Å². The zero-order valence-corrected chi connectivity index (χ0v) is 39.0. The fraction of sp³-hybridized carbons (Fsp3) is 0.422. The van der Waals surface area contributed by atoms with Crippen LogP contribution in [0.1, 0.15) is 85.3 Å². The van der Waals surface area contributed by atoms with E-state index < -0.39 is 16.6 Å². The molecule has 4 nitrogen and oxygen atoms in total. The van der Waals surface area contributed by atoms with Crippen LogP contribution in [-0.2, 0) is 34.4 Å². The third-order valence-electron chi connectivity index (χ3n) is 10.9. The van der Waals surface area contributed by atoms with Gasteiger partial charge in [0.1, 0.15) is 0 Å². The van der Waals surface area contributed by atoms with Crippen molar-refractivity contribution in [1.82, 2.24) is 4.98 Å². The number of aryl methyl sites for hydroxylation is 1. The number of carbonyl (C=O) groups is 1. The summed E-state index contributed by atoms with van der Waals surface area (Å²) < 4.78 is 7.94. The maximum absolute atomic E-state index is 11.7. The summed E-state index contributed by atoms with van der Waals surface area (Å²) in [4.78, 5) is 18.0. The Morgan fingerprint density at radius 3 is 2.13 bits per heavy atom. The molecular weight excluding hydrogens is 883 g/mol. The summed E-state index contributed by atoms with van der Waals surface area (Å²) in [5, 5.41) is 16.4. The zero-order chi connectivity index (χ0) is 38.2. The minimum absolute atomic E-state index is 0. The van der Waals surface area contributed by atoms with E-state index in [4.69, 9.17) is 9.10 Å². The average Bonchev–Trinajstić information content (AvgIpc) is 3.53. The first-order valence-electron chi connectivity index (χ1n) is 19.1. The number of hydrogen-bond donors (Lipinski definition) is 1. The minimum atomic E-state index is -1.88. The van der Waals surface area contributed by atoms with Crippen LogP contribution in [0.2, 0.25) is 26.2 Å². The number of carbonyl (C=O) groups excluding carboxylic acids is 1. The summed E-state index contributed by atoms with van der Waals surface area (Å²) >= 11 is 1.87. The van der Waals surface area contributed by atoms with Gasteiger partial charge in [0.2, 0.25) is 16.6 Å². The standard InChI is InChI=1S/C32H34NOSSi2.C13H24O2.Ir/c1-20-24-15-16-33-29(23-17-21-11-9-10-12-25(21)26(18-23)32(2,3)4)31(24)35-30(20)22-13-14-27-28(19-22)37(7,8)34-36(27,5)6;1-5-10(6-2)12(14)9-13(15)11(7-3)8-4;/h9-16,18-19H,1-8H3;9-11,14H,5-8H2,1-4H3;/q-1;;/b;12-9-;. The van der Waals surface area contributed by atoms with Gasteiger partial charge in [0.05, 0.1) is 5.76 Å². The van der Waals surface area contributed by atoms with Crippen molar-refractivity contribution in [3.8, 4) is 21.7 Å². The van der Waals surface area contributed by atoms with Gasteiger partial charge in [-0.1, -0.05) is 95.8 Å². The number of fused-ring (bicyclic) bond motifs is 3. The Kier molecular flexibility index (Phi) is 13.8. The number of benzene rings is 3. The van der Waals surface area contributed by atoms with Crippen molar-refractivity contribution in [2.45, 2.75) is 113 Å². The smallest absolute Gasteiger partial charge is 0.206 e. The summed E-state index contributed by atoms with van der Waals surface area (Å²) in [5.41, 5.74) is 6.09. The molecule has 0 aliphatic carbocycles. The molecular formula is C45H58IrNO3SSi2-. The topological polar surface area (TPSA) is 59.4 Å². The normalized spacial score (nSPS) is 15.0. The van der Waals surface area contributed by atoms with Crippen LogP contribution in [0.5, 0.6) is 0 Å². The van der Waals surface area contributed by atoms with Gasteiger partial charge in [0.15, 0.2) is 5.78 Å². The van der Waals surface area contributed by atoms with Gasteiger partial charge in [-0.05, 0) is 97.2 Å². The summed E-state index contributed by atoms with van der Waals surface area (Å²) in [6.45, 7) is 26.5. The largest absolute Gasteiger partial charge is 0.512 e. The molecule has 1 radical (unpaired) electrons. The van der Waals surface area contributed by atoms with Crippen LogP contribution >= 0.6 is 11.3 Å². The molecule has 6 rings (SSSR count). The maximum atomic E-state index is 11.7. The van der Waals surface area contributed by atoms with Crippen molar-refractivity contribution >= 4 is 65.0 Å². The first-order valence-corrected chi connectivity index (χ1v) is 25.7. The molecule has 0 unspecified atom stereocenters. The molecule has 1 aliphatic rings. The Morgan fingerprint density at radius 2 is 1.51 bits per heavy atom. The predicted molar refractivity (Wildman–Crippen MR) is 229 cm³/mol. The summed E-state index contributed by atoms with van der Waals surface area (Å²) in [6.07, 6.45) is 6.87. The molecule has 0 amide bonds. The average molecular weight is 941 g/mol. The van der Waals surface area contributed by atoms with Crippen LogP contribution in [-0.4, -0.2) is 32.5 Å². The summed E-state index contributed by atoms with van der Waals surface area (Å²) in [6, 6.07) is 23.9. The number of ketones is 1. The van der Waals surface area contributed by atoms with E-state index in [1.807, 2.05) is 45.2 Å². The predicted octanol–water partition coefficient (Wildman–Crippen LogP) is 11.9. The Balaban J connectivity index is 0.000000335. The molecule has 0 atom stereocenters. The first kappa shape index (κ1) is 43.0. The van der Waals surface area contributed by atoms with Gasteiger partial charge in [-0.25, -0.2) is 0 Å². The molecule has 0 saturated carbocycles. The first-order chi connectivity index (χ1) is 24.5. The van der Waals surface area contributed by atoms with Gasteiger partial charge >= 0.3 is 0 Å². The van der Waals surface area contributed by atoms with Crippen LogP contribution in [0, 0.1) is 24.8 Å². The van der Waals surface area contributed by atoms with Crippen LogP contribution < -0.4 is 10.4 Å². The Hall–Kier alpha value is -2.72. The molecule has 53 heavy (non-hydrogen) atoms. The number of pyridine rings is 1. The van der Waals surface area contributed by atoms with E-state index in [0.717, 1.165) is 42.3 Å². The molecule has 1 aliphatic heterocycles. The Morgan fingerprint density at radius 1 is 0.887 bits per heavy atom. The molecule has 0 fully saturated rings. The third-order valence-corrected chi connectivity index (χ3v) is 20.0. The molecule has 285 valence electrons. The molecule has 1 N–H and O–H groups in total.